The summed E-state index contributed by atoms with van der Waals surface area (Å²) in [6, 6.07) is 16.7. The summed E-state index contributed by atoms with van der Waals surface area (Å²) in [5.41, 5.74) is 1.63. The molecule has 0 bridgehead atoms. The molecule has 28 heavy (non-hydrogen) atoms. The molecule has 0 unspecified atom stereocenters. The lowest BCUT2D eigenvalue weighted by Crippen LogP contribution is -2.19. The van der Waals surface area contributed by atoms with Crippen LogP contribution < -0.4 is 5.32 Å². The number of hydrogen-bond acceptors (Lipinski definition) is 4. The zero-order valence-electron chi connectivity index (χ0n) is 14.5. The minimum atomic E-state index is -0.486. The van der Waals surface area contributed by atoms with E-state index in [2.05, 4.69) is 15.5 Å². The van der Waals surface area contributed by atoms with E-state index in [9.17, 15) is 9.18 Å². The molecule has 4 aromatic rings. The number of hydrogen-bond donors (Lipinski definition) is 1. The van der Waals surface area contributed by atoms with Gasteiger partial charge in [0, 0.05) is 11.8 Å². The molecule has 0 fully saturated rings. The van der Waals surface area contributed by atoms with Gasteiger partial charge in [-0.05, 0) is 30.3 Å². The Morgan fingerprint density at radius 2 is 1.96 bits per heavy atom. The number of aromatic nitrogens is 3. The second-order valence-electron chi connectivity index (χ2n) is 5.98. The van der Waals surface area contributed by atoms with Crippen LogP contribution in [0.5, 0.6) is 0 Å². The third-order valence-corrected chi connectivity index (χ3v) is 4.35. The number of rotatable bonds is 5. The molecule has 2 aromatic heterocycles. The minimum Gasteiger partial charge on any atom is -0.334 e. The van der Waals surface area contributed by atoms with Gasteiger partial charge in [0.2, 0.25) is 11.7 Å². The summed E-state index contributed by atoms with van der Waals surface area (Å²) in [6.07, 6.45) is 1.72. The monoisotopic (exact) mass is 396 g/mol. The van der Waals surface area contributed by atoms with Crippen LogP contribution in [-0.2, 0) is 11.3 Å². The summed E-state index contributed by atoms with van der Waals surface area (Å²) in [4.78, 5) is 16.8. The third kappa shape index (κ3) is 3.79. The highest BCUT2D eigenvalue weighted by Crippen LogP contribution is 2.24. The van der Waals surface area contributed by atoms with Gasteiger partial charge in [0.15, 0.2) is 0 Å². The van der Waals surface area contributed by atoms with E-state index in [0.29, 0.717) is 17.4 Å². The number of nitrogens with one attached hydrogen (secondary N) is 1. The first-order valence-electron chi connectivity index (χ1n) is 8.40. The second-order valence-corrected chi connectivity index (χ2v) is 6.39. The van der Waals surface area contributed by atoms with Crippen molar-refractivity contribution < 1.29 is 13.7 Å². The Bertz CT molecular complexity index is 1120. The smallest absolute Gasteiger partial charge is 0.274 e. The Morgan fingerprint density at radius 1 is 1.14 bits per heavy atom. The number of carbonyl (C=O) groups excluding carboxylic acids is 1. The molecule has 0 saturated heterocycles. The number of halogens is 2. The van der Waals surface area contributed by atoms with E-state index in [1.807, 2.05) is 30.3 Å². The van der Waals surface area contributed by atoms with Gasteiger partial charge in [0.1, 0.15) is 18.1 Å². The van der Waals surface area contributed by atoms with Gasteiger partial charge in [-0.15, -0.1) is 0 Å². The van der Waals surface area contributed by atoms with Crippen LogP contribution >= 0.6 is 11.6 Å². The molecule has 6 nitrogen and oxygen atoms in total. The Morgan fingerprint density at radius 3 is 2.79 bits per heavy atom. The highest BCUT2D eigenvalue weighted by molar-refractivity contribution is 6.33. The molecule has 0 radical (unpaired) electrons. The Hall–Kier alpha value is -3.45. The average molecular weight is 397 g/mol. The van der Waals surface area contributed by atoms with Gasteiger partial charge in [-0.1, -0.05) is 47.1 Å². The van der Waals surface area contributed by atoms with E-state index in [4.69, 9.17) is 16.1 Å². The van der Waals surface area contributed by atoms with Crippen molar-refractivity contribution in [2.75, 3.05) is 5.32 Å². The van der Waals surface area contributed by atoms with Crippen LogP contribution in [0.15, 0.2) is 71.4 Å². The molecular formula is C20H14ClFN4O2. The highest BCUT2D eigenvalue weighted by Gasteiger charge is 2.16. The lowest BCUT2D eigenvalue weighted by molar-refractivity contribution is -0.116. The number of amides is 1. The van der Waals surface area contributed by atoms with Gasteiger partial charge in [-0.3, -0.25) is 4.79 Å². The van der Waals surface area contributed by atoms with Crippen molar-refractivity contribution in [2.45, 2.75) is 6.54 Å². The summed E-state index contributed by atoms with van der Waals surface area (Å²) in [5.74, 6) is -0.104. The van der Waals surface area contributed by atoms with Gasteiger partial charge in [0.25, 0.3) is 5.89 Å². The Kier molecular flexibility index (Phi) is 4.90. The summed E-state index contributed by atoms with van der Waals surface area (Å²) in [7, 11) is 0. The Balaban J connectivity index is 1.52. The number of anilines is 1. The van der Waals surface area contributed by atoms with E-state index in [-0.39, 0.29) is 23.2 Å². The van der Waals surface area contributed by atoms with Crippen LogP contribution in [0.4, 0.5) is 10.1 Å². The fraction of sp³-hybridized carbons (Fsp3) is 0.0500. The molecule has 0 aliphatic carbocycles. The number of carbonyl (C=O) groups is 1. The minimum absolute atomic E-state index is 0.0295. The molecule has 2 heterocycles. The van der Waals surface area contributed by atoms with Crippen molar-refractivity contribution in [1.29, 1.82) is 0 Å². The molecule has 140 valence electrons. The molecule has 0 aliphatic rings. The van der Waals surface area contributed by atoms with Crippen LogP contribution in [0.1, 0.15) is 0 Å². The number of benzene rings is 2. The van der Waals surface area contributed by atoms with E-state index in [0.717, 1.165) is 5.56 Å². The quantitative estimate of drug-likeness (QED) is 0.533. The molecule has 0 atom stereocenters. The molecule has 0 aliphatic heterocycles. The fourth-order valence-corrected chi connectivity index (χ4v) is 2.88. The predicted molar refractivity (Wildman–Crippen MR) is 103 cm³/mol. The lowest BCUT2D eigenvalue weighted by Gasteiger charge is -2.09. The first-order valence-corrected chi connectivity index (χ1v) is 8.77. The fourth-order valence-electron chi connectivity index (χ4n) is 2.72. The maximum Gasteiger partial charge on any atom is 0.274 e. The van der Waals surface area contributed by atoms with E-state index in [1.165, 1.54) is 18.2 Å². The van der Waals surface area contributed by atoms with Crippen LogP contribution in [-0.4, -0.2) is 20.6 Å². The van der Waals surface area contributed by atoms with Gasteiger partial charge in [0.05, 0.1) is 10.7 Å². The molecule has 2 aromatic carbocycles. The van der Waals surface area contributed by atoms with Gasteiger partial charge in [-0.2, -0.15) is 4.98 Å². The van der Waals surface area contributed by atoms with E-state index < -0.39 is 5.82 Å². The molecule has 1 N–H and O–H groups in total. The molecular weight excluding hydrogens is 383 g/mol. The topological polar surface area (TPSA) is 73.0 Å². The zero-order valence-corrected chi connectivity index (χ0v) is 15.2. The first kappa shape index (κ1) is 17.9. The second kappa shape index (κ2) is 7.66. The third-order valence-electron chi connectivity index (χ3n) is 4.02. The van der Waals surface area contributed by atoms with Crippen molar-refractivity contribution in [2.24, 2.45) is 0 Å². The standard InChI is InChI=1S/C20H14ClFN4O2/c21-15-9-8-14(22)11-16(15)23-18(27)12-26-10-4-7-17(26)20-24-19(25-28-20)13-5-2-1-3-6-13/h1-11H,12H2,(H,23,27). The highest BCUT2D eigenvalue weighted by atomic mass is 35.5. The summed E-state index contributed by atoms with van der Waals surface area (Å²) >= 11 is 5.99. The number of nitrogens with zero attached hydrogens (tertiary/aromatic N) is 3. The molecule has 0 saturated carbocycles. The zero-order chi connectivity index (χ0) is 19.5. The first-order chi connectivity index (χ1) is 13.6. The summed E-state index contributed by atoms with van der Waals surface area (Å²) in [5, 5.41) is 6.85. The van der Waals surface area contributed by atoms with Crippen molar-refractivity contribution in [3.8, 4) is 23.0 Å². The normalized spacial score (nSPS) is 10.8. The molecule has 0 spiro atoms. The predicted octanol–water partition coefficient (Wildman–Crippen LogP) is 4.64. The lowest BCUT2D eigenvalue weighted by atomic mass is 10.2. The van der Waals surface area contributed by atoms with E-state index >= 15 is 0 Å². The molecule has 8 heteroatoms. The maximum absolute atomic E-state index is 13.4. The SMILES string of the molecule is O=C(Cn1cccc1-c1nc(-c2ccccc2)no1)Nc1cc(F)ccc1Cl. The van der Waals surface area contributed by atoms with Gasteiger partial charge < -0.3 is 14.4 Å². The van der Waals surface area contributed by atoms with Crippen molar-refractivity contribution >= 4 is 23.2 Å². The van der Waals surface area contributed by atoms with Crippen LogP contribution in [0.3, 0.4) is 0 Å². The summed E-state index contributed by atoms with van der Waals surface area (Å²) < 4.78 is 20.4. The Labute approximate surface area is 164 Å². The van der Waals surface area contributed by atoms with Crippen LogP contribution in [0.25, 0.3) is 23.0 Å². The molecule has 1 amide bonds. The van der Waals surface area contributed by atoms with Crippen LogP contribution in [0.2, 0.25) is 5.02 Å². The summed E-state index contributed by atoms with van der Waals surface area (Å²) in [6.45, 7) is -0.0295. The van der Waals surface area contributed by atoms with Gasteiger partial charge in [-0.25, -0.2) is 4.39 Å². The van der Waals surface area contributed by atoms with E-state index in [1.54, 1.807) is 22.9 Å². The van der Waals surface area contributed by atoms with Crippen molar-refractivity contribution in [3.05, 3.63) is 77.7 Å². The molecule has 4 rings (SSSR count). The maximum atomic E-state index is 13.4. The largest absolute Gasteiger partial charge is 0.334 e. The average Bonchev–Trinajstić information content (AvgIpc) is 3.34. The van der Waals surface area contributed by atoms with Gasteiger partial charge >= 0.3 is 0 Å². The van der Waals surface area contributed by atoms with Crippen molar-refractivity contribution in [3.63, 3.8) is 0 Å². The van der Waals surface area contributed by atoms with Crippen molar-refractivity contribution in [1.82, 2.24) is 14.7 Å². The van der Waals surface area contributed by atoms with Crippen LogP contribution in [0, 0.1) is 5.82 Å².